The Labute approximate surface area is 145 Å². The van der Waals surface area contributed by atoms with Crippen LogP contribution in [0.1, 0.15) is 6.92 Å². The van der Waals surface area contributed by atoms with E-state index in [1.165, 1.54) is 44.4 Å². The van der Waals surface area contributed by atoms with Gasteiger partial charge in [0.25, 0.3) is 10.0 Å². The van der Waals surface area contributed by atoms with Crippen molar-refractivity contribution in [2.24, 2.45) is 0 Å². The van der Waals surface area contributed by atoms with Crippen molar-refractivity contribution in [3.05, 3.63) is 53.6 Å². The number of sulfonamides is 1. The van der Waals surface area contributed by atoms with Crippen molar-refractivity contribution in [3.63, 3.8) is 0 Å². The van der Waals surface area contributed by atoms with Crippen LogP contribution in [0.5, 0.6) is 5.75 Å². The third-order valence-electron chi connectivity index (χ3n) is 3.39. The van der Waals surface area contributed by atoms with Gasteiger partial charge in [0.2, 0.25) is 0 Å². The first-order chi connectivity index (χ1) is 11.3. The van der Waals surface area contributed by atoms with E-state index < -0.39 is 22.0 Å². The molecule has 0 aliphatic rings. The summed E-state index contributed by atoms with van der Waals surface area (Å²) in [6.45, 7) is 1.28. The average Bonchev–Trinajstić information content (AvgIpc) is 2.55. The van der Waals surface area contributed by atoms with E-state index in [4.69, 9.17) is 16.3 Å². The molecular weight excluding hydrogens is 354 g/mol. The zero-order valence-corrected chi connectivity index (χ0v) is 14.6. The lowest BCUT2D eigenvalue weighted by atomic mass is 10.2. The molecule has 0 aliphatic heterocycles. The lowest BCUT2D eigenvalue weighted by Crippen LogP contribution is -2.43. The average molecular weight is 370 g/mol. The summed E-state index contributed by atoms with van der Waals surface area (Å²) in [6.07, 6.45) is 0. The molecule has 0 radical (unpaired) electrons. The van der Waals surface area contributed by atoms with Crippen LogP contribution >= 0.6 is 11.6 Å². The summed E-state index contributed by atoms with van der Waals surface area (Å²) in [7, 11) is -2.77. The van der Waals surface area contributed by atoms with E-state index in [0.717, 1.165) is 4.31 Å². The molecule has 2 rings (SSSR count). The normalized spacial score (nSPS) is 12.5. The van der Waals surface area contributed by atoms with Gasteiger partial charge in [0.05, 0.1) is 17.7 Å². The molecule has 1 unspecified atom stereocenters. The van der Waals surface area contributed by atoms with Gasteiger partial charge in [0.15, 0.2) is 0 Å². The lowest BCUT2D eigenvalue weighted by molar-refractivity contribution is -0.137. The molecule has 0 aromatic heterocycles. The fraction of sp³-hybridized carbons (Fsp3) is 0.188. The molecular formula is C16H16ClNO5S. The smallest absolute Gasteiger partial charge is 0.327 e. The fourth-order valence-electron chi connectivity index (χ4n) is 2.19. The molecule has 1 N–H and O–H groups in total. The van der Waals surface area contributed by atoms with Crippen LogP contribution in [-0.4, -0.2) is 32.6 Å². The van der Waals surface area contributed by atoms with Crippen molar-refractivity contribution in [2.45, 2.75) is 17.9 Å². The second-order valence-electron chi connectivity index (χ2n) is 4.94. The van der Waals surface area contributed by atoms with Gasteiger partial charge >= 0.3 is 5.97 Å². The van der Waals surface area contributed by atoms with Gasteiger partial charge in [0.1, 0.15) is 11.8 Å². The summed E-state index contributed by atoms with van der Waals surface area (Å²) in [5, 5.41) is 9.64. The standard InChI is InChI=1S/C16H16ClNO5S/c1-11(16(19)20)18(14-10-12(17)8-9-15(14)23-2)24(21,22)13-6-4-3-5-7-13/h3-11H,1-2H3,(H,19,20). The van der Waals surface area contributed by atoms with E-state index in [1.54, 1.807) is 18.2 Å². The highest BCUT2D eigenvalue weighted by atomic mass is 35.5. The molecule has 24 heavy (non-hydrogen) atoms. The number of ether oxygens (including phenoxy) is 1. The second-order valence-corrected chi connectivity index (χ2v) is 7.20. The molecule has 6 nitrogen and oxygen atoms in total. The van der Waals surface area contributed by atoms with Gasteiger partial charge in [-0.25, -0.2) is 17.5 Å². The van der Waals surface area contributed by atoms with Gasteiger partial charge in [-0.15, -0.1) is 0 Å². The molecule has 128 valence electrons. The Kier molecular flexibility index (Phi) is 5.36. The van der Waals surface area contributed by atoms with Crippen LogP contribution in [0.25, 0.3) is 0 Å². The maximum Gasteiger partial charge on any atom is 0.327 e. The topological polar surface area (TPSA) is 83.9 Å². The Morgan fingerprint density at radius 1 is 1.21 bits per heavy atom. The van der Waals surface area contributed by atoms with E-state index in [-0.39, 0.29) is 21.4 Å². The van der Waals surface area contributed by atoms with Gasteiger partial charge in [0, 0.05) is 5.02 Å². The Bertz CT molecular complexity index is 839. The molecule has 2 aromatic rings. The number of methoxy groups -OCH3 is 1. The van der Waals surface area contributed by atoms with E-state index >= 15 is 0 Å². The fourth-order valence-corrected chi connectivity index (χ4v) is 3.99. The summed E-state index contributed by atoms with van der Waals surface area (Å²) < 4.78 is 32.0. The summed E-state index contributed by atoms with van der Waals surface area (Å²) in [5.74, 6) is -1.09. The minimum Gasteiger partial charge on any atom is -0.495 e. The van der Waals surface area contributed by atoms with Crippen molar-refractivity contribution >= 4 is 33.3 Å². The zero-order chi connectivity index (χ0) is 17.9. The highest BCUT2D eigenvalue weighted by Gasteiger charge is 2.35. The summed E-state index contributed by atoms with van der Waals surface area (Å²) in [4.78, 5) is 11.5. The minimum absolute atomic E-state index is 0.0277. The number of benzene rings is 2. The van der Waals surface area contributed by atoms with Gasteiger partial charge in [-0.05, 0) is 37.3 Å². The van der Waals surface area contributed by atoms with Crippen molar-refractivity contribution in [1.29, 1.82) is 0 Å². The lowest BCUT2D eigenvalue weighted by Gasteiger charge is -2.29. The van der Waals surface area contributed by atoms with Gasteiger partial charge in [-0.3, -0.25) is 0 Å². The SMILES string of the molecule is COc1ccc(Cl)cc1N(C(C)C(=O)O)S(=O)(=O)c1ccccc1. The number of hydrogen-bond donors (Lipinski definition) is 1. The number of aliphatic carboxylic acids is 1. The second kappa shape index (κ2) is 7.11. The predicted octanol–water partition coefficient (Wildman–Crippen LogP) is 3.02. The van der Waals surface area contributed by atoms with E-state index in [0.29, 0.717) is 0 Å². The third-order valence-corrected chi connectivity index (χ3v) is 5.52. The number of halogens is 1. The van der Waals surface area contributed by atoms with Crippen molar-refractivity contribution in [1.82, 2.24) is 0 Å². The van der Waals surface area contributed by atoms with E-state index in [9.17, 15) is 18.3 Å². The molecule has 0 aliphatic carbocycles. The van der Waals surface area contributed by atoms with E-state index in [2.05, 4.69) is 0 Å². The van der Waals surface area contributed by atoms with Crippen LogP contribution in [-0.2, 0) is 14.8 Å². The summed E-state index contributed by atoms with van der Waals surface area (Å²) in [6, 6.07) is 10.6. The number of nitrogens with zero attached hydrogens (tertiary/aromatic N) is 1. The largest absolute Gasteiger partial charge is 0.495 e. The maximum atomic E-state index is 13.0. The molecule has 0 bridgehead atoms. The number of carboxylic acids is 1. The van der Waals surface area contributed by atoms with Gasteiger partial charge in [-0.2, -0.15) is 0 Å². The van der Waals surface area contributed by atoms with E-state index in [1.807, 2.05) is 0 Å². The van der Waals surface area contributed by atoms with Crippen LogP contribution in [0, 0.1) is 0 Å². The zero-order valence-electron chi connectivity index (χ0n) is 13.0. The molecule has 2 aromatic carbocycles. The molecule has 0 amide bonds. The maximum absolute atomic E-state index is 13.0. The summed E-state index contributed by atoms with van der Waals surface area (Å²) >= 11 is 5.97. The van der Waals surface area contributed by atoms with Gasteiger partial charge in [-0.1, -0.05) is 29.8 Å². The third kappa shape index (κ3) is 3.47. The molecule has 0 saturated heterocycles. The molecule has 8 heteroatoms. The highest BCUT2D eigenvalue weighted by Crippen LogP contribution is 2.36. The Balaban J connectivity index is 2.72. The van der Waals surface area contributed by atoms with Crippen LogP contribution in [0.2, 0.25) is 5.02 Å². The van der Waals surface area contributed by atoms with Crippen molar-refractivity contribution < 1.29 is 23.1 Å². The predicted molar refractivity (Wildman–Crippen MR) is 91.2 cm³/mol. The van der Waals surface area contributed by atoms with Crippen LogP contribution < -0.4 is 9.04 Å². The Hall–Kier alpha value is -2.25. The number of rotatable bonds is 6. The summed E-state index contributed by atoms with van der Waals surface area (Å²) in [5.41, 5.74) is 0.0590. The minimum atomic E-state index is -4.13. The number of carboxylic acid groups (broad SMARTS) is 1. The first-order valence-corrected chi connectivity index (χ1v) is 8.76. The quantitative estimate of drug-likeness (QED) is 0.846. The van der Waals surface area contributed by atoms with Crippen LogP contribution in [0.15, 0.2) is 53.4 Å². The highest BCUT2D eigenvalue weighted by molar-refractivity contribution is 7.93. The first kappa shape index (κ1) is 18.1. The Morgan fingerprint density at radius 3 is 2.38 bits per heavy atom. The molecule has 1 atom stereocenters. The van der Waals surface area contributed by atoms with Crippen LogP contribution in [0.4, 0.5) is 5.69 Å². The molecule has 0 spiro atoms. The molecule has 0 fully saturated rings. The number of carbonyl (C=O) groups is 1. The number of anilines is 1. The van der Waals surface area contributed by atoms with Gasteiger partial charge < -0.3 is 9.84 Å². The number of hydrogen-bond acceptors (Lipinski definition) is 4. The molecule has 0 heterocycles. The first-order valence-electron chi connectivity index (χ1n) is 6.95. The van der Waals surface area contributed by atoms with Crippen LogP contribution in [0.3, 0.4) is 0 Å². The van der Waals surface area contributed by atoms with Crippen molar-refractivity contribution in [2.75, 3.05) is 11.4 Å². The monoisotopic (exact) mass is 369 g/mol. The molecule has 0 saturated carbocycles. The van der Waals surface area contributed by atoms with Crippen molar-refractivity contribution in [3.8, 4) is 5.75 Å². The Morgan fingerprint density at radius 2 is 1.83 bits per heavy atom.